The largest absolute Gasteiger partial charge is 0.491 e. The molecular formula is C20H20FNO2S2. The first-order chi connectivity index (χ1) is 12.7. The molecule has 2 aromatic heterocycles. The lowest BCUT2D eigenvalue weighted by Gasteiger charge is -2.36. The lowest BCUT2D eigenvalue weighted by Crippen LogP contribution is -2.41. The lowest BCUT2D eigenvalue weighted by atomic mass is 9.98. The number of halogens is 1. The molecule has 2 atom stereocenters. The zero-order valence-corrected chi connectivity index (χ0v) is 15.8. The molecule has 136 valence electrons. The molecule has 1 N–H and O–H groups in total. The summed E-state index contributed by atoms with van der Waals surface area (Å²) in [7, 11) is 0. The Kier molecular flexibility index (Phi) is 5.36. The SMILES string of the molecule is O[C@H](COc1ccc(F)cc1)CN1CCc2sccc2[C@@H]1c1cccs1. The number of nitrogens with zero attached hydrogens (tertiary/aromatic N) is 1. The average molecular weight is 390 g/mol. The van der Waals surface area contributed by atoms with Crippen molar-refractivity contribution >= 4 is 22.7 Å². The van der Waals surface area contributed by atoms with Gasteiger partial charge in [0.15, 0.2) is 0 Å². The van der Waals surface area contributed by atoms with E-state index < -0.39 is 6.10 Å². The van der Waals surface area contributed by atoms with E-state index in [-0.39, 0.29) is 18.5 Å². The first-order valence-electron chi connectivity index (χ1n) is 8.61. The number of rotatable bonds is 6. The summed E-state index contributed by atoms with van der Waals surface area (Å²) in [5, 5.41) is 14.8. The quantitative estimate of drug-likeness (QED) is 0.681. The normalized spacial score (nSPS) is 18.5. The third-order valence-corrected chi connectivity index (χ3v) is 6.50. The van der Waals surface area contributed by atoms with Crippen LogP contribution in [0.25, 0.3) is 0 Å². The van der Waals surface area contributed by atoms with Crippen LogP contribution >= 0.6 is 22.7 Å². The van der Waals surface area contributed by atoms with Crippen molar-refractivity contribution in [2.45, 2.75) is 18.6 Å². The van der Waals surface area contributed by atoms with E-state index in [9.17, 15) is 9.50 Å². The molecule has 1 aromatic carbocycles. The maximum absolute atomic E-state index is 13.0. The fraction of sp³-hybridized carbons (Fsp3) is 0.300. The van der Waals surface area contributed by atoms with Crippen LogP contribution in [0.15, 0.2) is 53.2 Å². The number of benzene rings is 1. The van der Waals surface area contributed by atoms with Crippen LogP contribution in [-0.2, 0) is 6.42 Å². The summed E-state index contributed by atoms with van der Waals surface area (Å²) in [5.74, 6) is 0.274. The third-order valence-electron chi connectivity index (χ3n) is 4.58. The Labute approximate surface area is 160 Å². The molecule has 1 aliphatic heterocycles. The van der Waals surface area contributed by atoms with Gasteiger partial charge in [-0.15, -0.1) is 22.7 Å². The first kappa shape index (κ1) is 17.7. The molecule has 1 aliphatic rings. The van der Waals surface area contributed by atoms with E-state index in [0.29, 0.717) is 12.3 Å². The maximum atomic E-state index is 13.0. The number of hydrogen-bond acceptors (Lipinski definition) is 5. The molecule has 0 aliphatic carbocycles. The summed E-state index contributed by atoms with van der Waals surface area (Å²) in [6.07, 6.45) is 0.406. The van der Waals surface area contributed by atoms with Gasteiger partial charge in [0, 0.05) is 22.8 Å². The highest BCUT2D eigenvalue weighted by Gasteiger charge is 2.31. The molecule has 4 rings (SSSR count). The van der Waals surface area contributed by atoms with Crippen molar-refractivity contribution in [3.05, 3.63) is 74.4 Å². The number of aliphatic hydroxyl groups excluding tert-OH is 1. The smallest absolute Gasteiger partial charge is 0.123 e. The molecule has 0 saturated carbocycles. The Hall–Kier alpha value is -1.73. The van der Waals surface area contributed by atoms with Crippen LogP contribution in [0.5, 0.6) is 5.75 Å². The molecule has 0 amide bonds. The fourth-order valence-electron chi connectivity index (χ4n) is 3.39. The highest BCUT2D eigenvalue weighted by atomic mass is 32.1. The number of fused-ring (bicyclic) bond motifs is 1. The summed E-state index contributed by atoms with van der Waals surface area (Å²) in [6, 6.07) is 12.5. The van der Waals surface area contributed by atoms with E-state index in [0.717, 1.165) is 13.0 Å². The predicted molar refractivity (Wildman–Crippen MR) is 104 cm³/mol. The van der Waals surface area contributed by atoms with Gasteiger partial charge in [0.1, 0.15) is 24.3 Å². The highest BCUT2D eigenvalue weighted by molar-refractivity contribution is 7.10. The predicted octanol–water partition coefficient (Wildman–Crippen LogP) is 4.34. The summed E-state index contributed by atoms with van der Waals surface area (Å²) in [4.78, 5) is 5.08. The van der Waals surface area contributed by atoms with Crippen LogP contribution in [-0.4, -0.2) is 35.8 Å². The number of aliphatic hydroxyl groups is 1. The van der Waals surface area contributed by atoms with Crippen LogP contribution in [0.2, 0.25) is 0 Å². The number of ether oxygens (including phenoxy) is 1. The van der Waals surface area contributed by atoms with Crippen LogP contribution in [0, 0.1) is 5.82 Å². The third kappa shape index (κ3) is 3.83. The first-order valence-corrected chi connectivity index (χ1v) is 10.4. The van der Waals surface area contributed by atoms with Gasteiger partial charge < -0.3 is 9.84 Å². The van der Waals surface area contributed by atoms with E-state index in [4.69, 9.17) is 4.74 Å². The van der Waals surface area contributed by atoms with Crippen LogP contribution in [0.1, 0.15) is 21.4 Å². The van der Waals surface area contributed by atoms with Crippen molar-refractivity contribution in [3.63, 3.8) is 0 Å². The molecule has 3 nitrogen and oxygen atoms in total. The van der Waals surface area contributed by atoms with Crippen LogP contribution in [0.3, 0.4) is 0 Å². The average Bonchev–Trinajstić information content (AvgIpc) is 3.33. The summed E-state index contributed by atoms with van der Waals surface area (Å²) in [6.45, 7) is 1.65. The molecule has 0 bridgehead atoms. The molecule has 3 heterocycles. The molecule has 0 radical (unpaired) electrons. The topological polar surface area (TPSA) is 32.7 Å². The van der Waals surface area contributed by atoms with Gasteiger partial charge in [0.2, 0.25) is 0 Å². The molecule has 0 spiro atoms. The minimum atomic E-state index is -0.609. The molecule has 3 aromatic rings. The maximum Gasteiger partial charge on any atom is 0.123 e. The van der Waals surface area contributed by atoms with E-state index in [2.05, 4.69) is 33.9 Å². The van der Waals surface area contributed by atoms with Gasteiger partial charge in [-0.2, -0.15) is 0 Å². The number of β-amino-alcohol motifs (C(OH)–C–C–N with tert-alkyl or cyclic N) is 1. The zero-order chi connectivity index (χ0) is 17.9. The van der Waals surface area contributed by atoms with Gasteiger partial charge in [-0.05, 0) is 59.1 Å². The van der Waals surface area contributed by atoms with Crippen molar-refractivity contribution in [1.82, 2.24) is 4.90 Å². The van der Waals surface area contributed by atoms with Gasteiger partial charge in [0.05, 0.1) is 6.04 Å². The van der Waals surface area contributed by atoms with E-state index in [1.807, 2.05) is 11.3 Å². The van der Waals surface area contributed by atoms with E-state index >= 15 is 0 Å². The summed E-state index contributed by atoms with van der Waals surface area (Å²) >= 11 is 3.57. The minimum Gasteiger partial charge on any atom is -0.491 e. The Morgan fingerprint density at radius 3 is 2.77 bits per heavy atom. The Balaban J connectivity index is 1.43. The highest BCUT2D eigenvalue weighted by Crippen LogP contribution is 2.39. The Bertz CT molecular complexity index is 832. The number of thiophene rings is 2. The minimum absolute atomic E-state index is 0.190. The summed E-state index contributed by atoms with van der Waals surface area (Å²) in [5.41, 5.74) is 1.36. The molecule has 6 heteroatoms. The Morgan fingerprint density at radius 2 is 2.00 bits per heavy atom. The monoisotopic (exact) mass is 389 g/mol. The fourth-order valence-corrected chi connectivity index (χ4v) is 5.17. The van der Waals surface area contributed by atoms with Gasteiger partial charge in [-0.3, -0.25) is 4.90 Å². The van der Waals surface area contributed by atoms with Crippen molar-refractivity contribution in [3.8, 4) is 5.75 Å². The van der Waals surface area contributed by atoms with Gasteiger partial charge in [0.25, 0.3) is 0 Å². The molecular weight excluding hydrogens is 369 g/mol. The van der Waals surface area contributed by atoms with Gasteiger partial charge in [-0.25, -0.2) is 4.39 Å². The van der Waals surface area contributed by atoms with Gasteiger partial charge in [-0.1, -0.05) is 6.07 Å². The Morgan fingerprint density at radius 1 is 1.15 bits per heavy atom. The molecule has 0 fully saturated rings. The lowest BCUT2D eigenvalue weighted by molar-refractivity contribution is 0.0562. The zero-order valence-electron chi connectivity index (χ0n) is 14.2. The standard InChI is InChI=1S/C20H20FNO2S2/c21-14-3-5-16(6-4-14)24-13-15(23)12-22-9-7-18-17(8-11-26-18)20(22)19-2-1-10-25-19/h1-6,8,10-11,15,20,23H,7,9,12-13H2/t15-,20+/m0/s1. The second kappa shape index (κ2) is 7.88. The van der Waals surface area contributed by atoms with E-state index in [1.165, 1.54) is 27.5 Å². The van der Waals surface area contributed by atoms with E-state index in [1.54, 1.807) is 23.5 Å². The molecule has 0 unspecified atom stereocenters. The second-order valence-corrected chi connectivity index (χ2v) is 8.36. The molecule has 26 heavy (non-hydrogen) atoms. The van der Waals surface area contributed by atoms with Crippen LogP contribution < -0.4 is 4.74 Å². The second-order valence-electron chi connectivity index (χ2n) is 6.38. The van der Waals surface area contributed by atoms with Crippen LogP contribution in [0.4, 0.5) is 4.39 Å². The van der Waals surface area contributed by atoms with Crippen molar-refractivity contribution < 1.29 is 14.2 Å². The summed E-state index contributed by atoms with van der Waals surface area (Å²) < 4.78 is 18.6. The van der Waals surface area contributed by atoms with Crippen molar-refractivity contribution in [1.29, 1.82) is 0 Å². The molecule has 0 saturated heterocycles. The van der Waals surface area contributed by atoms with Crippen molar-refractivity contribution in [2.24, 2.45) is 0 Å². The van der Waals surface area contributed by atoms with Crippen molar-refractivity contribution in [2.75, 3.05) is 19.7 Å². The number of hydrogen-bond donors (Lipinski definition) is 1. The van der Waals surface area contributed by atoms with Gasteiger partial charge >= 0.3 is 0 Å².